The first-order valence-electron chi connectivity index (χ1n) is 8.76. The van der Waals surface area contributed by atoms with Gasteiger partial charge in [-0.1, -0.05) is 18.2 Å². The van der Waals surface area contributed by atoms with E-state index in [1.54, 1.807) is 30.3 Å². The molecule has 2 aromatic carbocycles. The molecule has 0 saturated carbocycles. The van der Waals surface area contributed by atoms with Gasteiger partial charge in [0.25, 0.3) is 5.91 Å². The van der Waals surface area contributed by atoms with E-state index >= 15 is 0 Å². The van der Waals surface area contributed by atoms with Gasteiger partial charge in [-0.25, -0.2) is 14.8 Å². The number of aromatic nitrogens is 2. The molecule has 142 valence electrons. The molecule has 0 saturated heterocycles. The summed E-state index contributed by atoms with van der Waals surface area (Å²) in [5.74, 6) is -0.160. The van der Waals surface area contributed by atoms with Crippen LogP contribution < -0.4 is 10.2 Å². The summed E-state index contributed by atoms with van der Waals surface area (Å²) in [6.45, 7) is 2.70. The zero-order chi connectivity index (χ0) is 19.9. The Morgan fingerprint density at radius 2 is 1.75 bits per heavy atom. The Balaban J connectivity index is 1.77. The van der Waals surface area contributed by atoms with Crippen molar-refractivity contribution in [1.82, 2.24) is 9.97 Å². The van der Waals surface area contributed by atoms with Crippen molar-refractivity contribution in [3.05, 3.63) is 78.2 Å². The lowest BCUT2D eigenvalue weighted by Gasteiger charge is -2.22. The summed E-state index contributed by atoms with van der Waals surface area (Å²) in [5, 5.41) is 2.77. The summed E-state index contributed by atoms with van der Waals surface area (Å²) < 4.78 is 4.66. The molecule has 0 unspecified atom stereocenters. The molecule has 3 rings (SSSR count). The van der Waals surface area contributed by atoms with Gasteiger partial charge < -0.3 is 15.0 Å². The monoisotopic (exact) mass is 376 g/mol. The lowest BCUT2D eigenvalue weighted by Crippen LogP contribution is -2.20. The van der Waals surface area contributed by atoms with Gasteiger partial charge in [0.05, 0.1) is 12.7 Å². The standard InChI is InChI=1S/C21H20N4O3/c1-3-25(17-7-5-4-6-8-17)19-13-18(22-14-23-19)20(26)24-16-11-9-15(10-12-16)21(27)28-2/h4-14H,3H2,1-2H3,(H,24,26). The number of methoxy groups -OCH3 is 1. The average molecular weight is 376 g/mol. The summed E-state index contributed by atoms with van der Waals surface area (Å²) in [5.41, 5.74) is 2.18. The first kappa shape index (κ1) is 19.0. The van der Waals surface area contributed by atoms with Crippen LogP contribution in [-0.2, 0) is 4.74 Å². The van der Waals surface area contributed by atoms with Crippen LogP contribution in [-0.4, -0.2) is 35.5 Å². The molecule has 0 atom stereocenters. The zero-order valence-electron chi connectivity index (χ0n) is 15.6. The number of amides is 1. The van der Waals surface area contributed by atoms with Gasteiger partial charge >= 0.3 is 5.97 Å². The van der Waals surface area contributed by atoms with E-state index in [2.05, 4.69) is 20.0 Å². The van der Waals surface area contributed by atoms with E-state index in [0.717, 1.165) is 5.69 Å². The predicted octanol–water partition coefficient (Wildman–Crippen LogP) is 3.67. The molecule has 7 nitrogen and oxygen atoms in total. The number of carbonyl (C=O) groups excluding carboxylic acids is 2. The van der Waals surface area contributed by atoms with E-state index in [1.165, 1.54) is 13.4 Å². The smallest absolute Gasteiger partial charge is 0.337 e. The maximum absolute atomic E-state index is 12.6. The number of hydrogen-bond acceptors (Lipinski definition) is 6. The van der Waals surface area contributed by atoms with Crippen LogP contribution in [0.5, 0.6) is 0 Å². The first-order valence-corrected chi connectivity index (χ1v) is 8.76. The maximum atomic E-state index is 12.6. The van der Waals surface area contributed by atoms with Crippen LogP contribution in [0.1, 0.15) is 27.8 Å². The molecule has 0 spiro atoms. The molecule has 28 heavy (non-hydrogen) atoms. The Kier molecular flexibility index (Phi) is 5.96. The third-order valence-electron chi connectivity index (χ3n) is 4.11. The summed E-state index contributed by atoms with van der Waals surface area (Å²) >= 11 is 0. The molecular formula is C21H20N4O3. The van der Waals surface area contributed by atoms with Crippen molar-refractivity contribution >= 4 is 29.1 Å². The molecule has 0 aliphatic carbocycles. The van der Waals surface area contributed by atoms with Crippen molar-refractivity contribution in [2.24, 2.45) is 0 Å². The van der Waals surface area contributed by atoms with E-state index in [0.29, 0.717) is 23.6 Å². The third kappa shape index (κ3) is 4.32. The number of anilines is 3. The molecular weight excluding hydrogens is 356 g/mol. The van der Waals surface area contributed by atoms with E-state index < -0.39 is 5.97 Å². The van der Waals surface area contributed by atoms with Crippen molar-refractivity contribution in [2.75, 3.05) is 23.9 Å². The fourth-order valence-electron chi connectivity index (χ4n) is 2.71. The normalized spacial score (nSPS) is 10.2. The molecule has 3 aromatic rings. The second-order valence-corrected chi connectivity index (χ2v) is 5.86. The lowest BCUT2D eigenvalue weighted by molar-refractivity contribution is 0.0600. The second kappa shape index (κ2) is 8.77. The van der Waals surface area contributed by atoms with Gasteiger partial charge in [0.15, 0.2) is 0 Å². The predicted molar refractivity (Wildman–Crippen MR) is 107 cm³/mol. The fourth-order valence-corrected chi connectivity index (χ4v) is 2.71. The number of nitrogens with zero attached hydrogens (tertiary/aromatic N) is 3. The summed E-state index contributed by atoms with van der Waals surface area (Å²) in [6.07, 6.45) is 1.37. The van der Waals surface area contributed by atoms with Gasteiger partial charge in [0.2, 0.25) is 0 Å². The molecule has 1 heterocycles. The van der Waals surface area contributed by atoms with Crippen LogP contribution in [0, 0.1) is 0 Å². The van der Waals surface area contributed by atoms with Crippen LogP contribution in [0.3, 0.4) is 0 Å². The Morgan fingerprint density at radius 1 is 1.04 bits per heavy atom. The van der Waals surface area contributed by atoms with Gasteiger partial charge in [0, 0.05) is 24.0 Å². The summed E-state index contributed by atoms with van der Waals surface area (Å²) in [4.78, 5) is 34.4. The number of rotatable bonds is 6. The average Bonchev–Trinajstić information content (AvgIpc) is 2.75. The number of carbonyl (C=O) groups is 2. The summed E-state index contributed by atoms with van der Waals surface area (Å²) in [7, 11) is 1.32. The minimum atomic E-state index is -0.432. The molecule has 0 bridgehead atoms. The van der Waals surface area contributed by atoms with E-state index in [1.807, 2.05) is 42.2 Å². The Morgan fingerprint density at radius 3 is 2.39 bits per heavy atom. The quantitative estimate of drug-likeness (QED) is 0.661. The zero-order valence-corrected chi connectivity index (χ0v) is 15.6. The highest BCUT2D eigenvalue weighted by atomic mass is 16.5. The molecule has 0 fully saturated rings. The van der Waals surface area contributed by atoms with Gasteiger partial charge in [-0.2, -0.15) is 0 Å². The molecule has 1 amide bonds. The van der Waals surface area contributed by atoms with E-state index in [9.17, 15) is 9.59 Å². The Labute approximate surface area is 163 Å². The van der Waals surface area contributed by atoms with Gasteiger partial charge in [-0.15, -0.1) is 0 Å². The lowest BCUT2D eigenvalue weighted by atomic mass is 10.2. The number of esters is 1. The number of para-hydroxylation sites is 1. The fraction of sp³-hybridized carbons (Fsp3) is 0.143. The number of hydrogen-bond donors (Lipinski definition) is 1. The van der Waals surface area contributed by atoms with Crippen LogP contribution in [0.25, 0.3) is 0 Å². The molecule has 0 aliphatic rings. The number of ether oxygens (including phenoxy) is 1. The topological polar surface area (TPSA) is 84.4 Å². The van der Waals surface area contributed by atoms with Gasteiger partial charge in [0.1, 0.15) is 17.8 Å². The van der Waals surface area contributed by atoms with E-state index in [-0.39, 0.29) is 11.6 Å². The van der Waals surface area contributed by atoms with Crippen molar-refractivity contribution in [1.29, 1.82) is 0 Å². The molecule has 1 aromatic heterocycles. The van der Waals surface area contributed by atoms with Crippen molar-refractivity contribution in [3.63, 3.8) is 0 Å². The molecule has 0 aliphatic heterocycles. The Bertz CT molecular complexity index is 959. The molecule has 7 heteroatoms. The van der Waals surface area contributed by atoms with Crippen LogP contribution in [0.15, 0.2) is 67.0 Å². The second-order valence-electron chi connectivity index (χ2n) is 5.86. The minimum Gasteiger partial charge on any atom is -0.465 e. The summed E-state index contributed by atoms with van der Waals surface area (Å²) in [6, 6.07) is 17.9. The third-order valence-corrected chi connectivity index (χ3v) is 4.11. The van der Waals surface area contributed by atoms with Crippen LogP contribution >= 0.6 is 0 Å². The molecule has 1 N–H and O–H groups in total. The van der Waals surface area contributed by atoms with Crippen molar-refractivity contribution in [3.8, 4) is 0 Å². The van der Waals surface area contributed by atoms with Crippen molar-refractivity contribution in [2.45, 2.75) is 6.92 Å². The SMILES string of the molecule is CCN(c1ccccc1)c1cc(C(=O)Nc2ccc(C(=O)OC)cc2)ncn1. The highest BCUT2D eigenvalue weighted by Gasteiger charge is 2.14. The first-order chi connectivity index (χ1) is 13.6. The van der Waals surface area contributed by atoms with Crippen molar-refractivity contribution < 1.29 is 14.3 Å². The minimum absolute atomic E-state index is 0.247. The number of nitrogens with one attached hydrogen (secondary N) is 1. The van der Waals surface area contributed by atoms with Crippen LogP contribution in [0.2, 0.25) is 0 Å². The largest absolute Gasteiger partial charge is 0.465 e. The van der Waals surface area contributed by atoms with Gasteiger partial charge in [-0.05, 0) is 43.3 Å². The molecule has 0 radical (unpaired) electrons. The Hall–Kier alpha value is -3.74. The highest BCUT2D eigenvalue weighted by molar-refractivity contribution is 6.03. The van der Waals surface area contributed by atoms with Crippen LogP contribution in [0.4, 0.5) is 17.2 Å². The maximum Gasteiger partial charge on any atom is 0.337 e. The van der Waals surface area contributed by atoms with Gasteiger partial charge in [-0.3, -0.25) is 4.79 Å². The highest BCUT2D eigenvalue weighted by Crippen LogP contribution is 2.23. The number of benzene rings is 2. The van der Waals surface area contributed by atoms with E-state index in [4.69, 9.17) is 0 Å².